The Morgan fingerprint density at radius 3 is 2.60 bits per heavy atom. The molecule has 1 atom stereocenters. The van der Waals surface area contributed by atoms with Crippen LogP contribution in [-0.4, -0.2) is 42.0 Å². The van der Waals surface area contributed by atoms with Gasteiger partial charge in [0.25, 0.3) is 5.91 Å². The molecule has 1 aromatic rings. The lowest BCUT2D eigenvalue weighted by Gasteiger charge is -2.38. The molecular weight excluding hydrogens is 314 g/mol. The first-order valence-electron chi connectivity index (χ1n) is 8.96. The minimum absolute atomic E-state index is 0.108. The number of hydrogen-bond donors (Lipinski definition) is 2. The van der Waals surface area contributed by atoms with Gasteiger partial charge in [-0.2, -0.15) is 0 Å². The topological polar surface area (TPSA) is 61.4 Å². The van der Waals surface area contributed by atoms with Crippen molar-refractivity contribution < 1.29 is 9.59 Å². The lowest BCUT2D eigenvalue weighted by molar-refractivity contribution is -0.133. The van der Waals surface area contributed by atoms with Gasteiger partial charge in [0.05, 0.1) is 6.54 Å². The van der Waals surface area contributed by atoms with Crippen molar-refractivity contribution in [1.29, 1.82) is 0 Å². The van der Waals surface area contributed by atoms with Gasteiger partial charge in [0.2, 0.25) is 0 Å². The number of hydrogen-bond acceptors (Lipinski definition) is 3. The highest BCUT2D eigenvalue weighted by molar-refractivity contribution is 6.07. The molecule has 2 heterocycles. The van der Waals surface area contributed by atoms with E-state index in [0.717, 1.165) is 32.4 Å². The number of nitrogens with one attached hydrogen (secondary N) is 2. The molecule has 3 rings (SSSR count). The summed E-state index contributed by atoms with van der Waals surface area (Å²) in [7, 11) is 0. The zero-order valence-corrected chi connectivity index (χ0v) is 14.7. The highest BCUT2D eigenvalue weighted by Gasteiger charge is 2.54. The molecule has 0 radical (unpaired) electrons. The Kier molecular flexibility index (Phi) is 5.40. The van der Waals surface area contributed by atoms with Gasteiger partial charge in [-0.05, 0) is 57.2 Å². The van der Waals surface area contributed by atoms with Crippen LogP contribution < -0.4 is 10.6 Å². The van der Waals surface area contributed by atoms with E-state index >= 15 is 0 Å². The van der Waals surface area contributed by atoms with Gasteiger partial charge < -0.3 is 10.6 Å². The van der Waals surface area contributed by atoms with Crippen LogP contribution in [-0.2, 0) is 11.2 Å². The SMILES string of the molecule is CC#CCN1C(=O)NC(CCc2ccccc2)(C2CCNCC2)C1=O. The van der Waals surface area contributed by atoms with Crippen molar-refractivity contribution in [3.63, 3.8) is 0 Å². The monoisotopic (exact) mass is 339 g/mol. The Balaban J connectivity index is 1.85. The zero-order valence-electron chi connectivity index (χ0n) is 14.7. The van der Waals surface area contributed by atoms with Crippen molar-refractivity contribution in [3.05, 3.63) is 35.9 Å². The van der Waals surface area contributed by atoms with Crippen LogP contribution in [0.3, 0.4) is 0 Å². The molecule has 2 saturated heterocycles. The van der Waals surface area contributed by atoms with E-state index in [1.54, 1.807) is 6.92 Å². The van der Waals surface area contributed by atoms with E-state index < -0.39 is 5.54 Å². The van der Waals surface area contributed by atoms with E-state index in [-0.39, 0.29) is 24.4 Å². The van der Waals surface area contributed by atoms with Gasteiger partial charge in [0.15, 0.2) is 0 Å². The number of benzene rings is 1. The van der Waals surface area contributed by atoms with Crippen molar-refractivity contribution in [2.45, 2.75) is 38.1 Å². The van der Waals surface area contributed by atoms with E-state index in [0.29, 0.717) is 6.42 Å². The maximum Gasteiger partial charge on any atom is 0.325 e. The fraction of sp³-hybridized carbons (Fsp3) is 0.500. The molecule has 0 spiro atoms. The molecule has 0 aromatic heterocycles. The number of aryl methyl sites for hydroxylation is 1. The number of carbonyl (C=O) groups is 2. The molecule has 0 bridgehead atoms. The predicted molar refractivity (Wildman–Crippen MR) is 96.8 cm³/mol. The van der Waals surface area contributed by atoms with E-state index in [2.05, 4.69) is 34.6 Å². The molecule has 5 nitrogen and oxygen atoms in total. The minimum Gasteiger partial charge on any atom is -0.323 e. The molecule has 2 aliphatic rings. The summed E-state index contributed by atoms with van der Waals surface area (Å²) in [6.07, 6.45) is 3.19. The van der Waals surface area contributed by atoms with E-state index in [1.807, 2.05) is 18.2 Å². The van der Waals surface area contributed by atoms with Gasteiger partial charge >= 0.3 is 6.03 Å². The fourth-order valence-corrected chi connectivity index (χ4v) is 3.90. The summed E-state index contributed by atoms with van der Waals surface area (Å²) in [6, 6.07) is 9.82. The van der Waals surface area contributed by atoms with Crippen molar-refractivity contribution in [3.8, 4) is 11.8 Å². The van der Waals surface area contributed by atoms with Crippen LogP contribution in [0, 0.1) is 17.8 Å². The Labute approximate surface area is 149 Å². The van der Waals surface area contributed by atoms with Crippen LogP contribution in [0.15, 0.2) is 30.3 Å². The number of imide groups is 1. The Hall–Kier alpha value is -2.32. The number of carbonyl (C=O) groups excluding carboxylic acids is 2. The quantitative estimate of drug-likeness (QED) is 0.636. The van der Waals surface area contributed by atoms with Crippen LogP contribution in [0.4, 0.5) is 4.79 Å². The van der Waals surface area contributed by atoms with Gasteiger partial charge in [-0.3, -0.25) is 9.69 Å². The molecule has 1 aromatic carbocycles. The summed E-state index contributed by atoms with van der Waals surface area (Å²) in [5, 5.41) is 6.40. The van der Waals surface area contributed by atoms with Gasteiger partial charge in [0.1, 0.15) is 5.54 Å². The molecule has 2 fully saturated rings. The maximum atomic E-state index is 13.2. The predicted octanol–water partition coefficient (Wildman–Crippen LogP) is 1.93. The fourth-order valence-electron chi connectivity index (χ4n) is 3.90. The number of urea groups is 1. The number of piperidine rings is 1. The highest BCUT2D eigenvalue weighted by atomic mass is 16.2. The number of amides is 3. The molecule has 2 N–H and O–H groups in total. The third-order valence-corrected chi connectivity index (χ3v) is 5.30. The molecule has 3 amide bonds. The molecule has 0 aliphatic carbocycles. The second-order valence-electron chi connectivity index (χ2n) is 6.73. The lowest BCUT2D eigenvalue weighted by Crippen LogP contribution is -2.56. The average molecular weight is 339 g/mol. The van der Waals surface area contributed by atoms with Crippen LogP contribution in [0.25, 0.3) is 0 Å². The summed E-state index contributed by atoms with van der Waals surface area (Å²) in [5.74, 6) is 5.67. The first kappa shape index (κ1) is 17.5. The Bertz CT molecular complexity index is 686. The summed E-state index contributed by atoms with van der Waals surface area (Å²) >= 11 is 0. The Morgan fingerprint density at radius 2 is 1.92 bits per heavy atom. The molecule has 132 valence electrons. The third kappa shape index (κ3) is 3.54. The van der Waals surface area contributed by atoms with Gasteiger partial charge in [-0.25, -0.2) is 4.79 Å². The molecular formula is C20H25N3O2. The van der Waals surface area contributed by atoms with Crippen LogP contribution >= 0.6 is 0 Å². The summed E-state index contributed by atoms with van der Waals surface area (Å²) < 4.78 is 0. The van der Waals surface area contributed by atoms with Crippen molar-refractivity contribution in [1.82, 2.24) is 15.5 Å². The molecule has 2 aliphatic heterocycles. The summed E-state index contributed by atoms with van der Waals surface area (Å²) in [4.78, 5) is 27.0. The molecule has 5 heteroatoms. The zero-order chi connectivity index (χ0) is 17.7. The lowest BCUT2D eigenvalue weighted by atomic mass is 9.74. The first-order valence-corrected chi connectivity index (χ1v) is 8.96. The largest absolute Gasteiger partial charge is 0.325 e. The van der Waals surface area contributed by atoms with E-state index in [1.165, 1.54) is 10.5 Å². The van der Waals surface area contributed by atoms with Crippen LogP contribution in [0.1, 0.15) is 31.7 Å². The molecule has 0 saturated carbocycles. The van der Waals surface area contributed by atoms with Crippen molar-refractivity contribution in [2.75, 3.05) is 19.6 Å². The smallest absolute Gasteiger partial charge is 0.323 e. The normalized spacial score (nSPS) is 24.0. The van der Waals surface area contributed by atoms with Gasteiger partial charge in [0, 0.05) is 0 Å². The summed E-state index contributed by atoms with van der Waals surface area (Å²) in [5.41, 5.74) is 0.384. The number of nitrogens with zero attached hydrogens (tertiary/aromatic N) is 1. The second kappa shape index (κ2) is 7.71. The number of rotatable bonds is 5. The third-order valence-electron chi connectivity index (χ3n) is 5.30. The van der Waals surface area contributed by atoms with Gasteiger partial charge in [-0.1, -0.05) is 36.3 Å². The minimum atomic E-state index is -0.801. The first-order chi connectivity index (χ1) is 12.2. The Morgan fingerprint density at radius 1 is 1.20 bits per heavy atom. The standard InChI is InChI=1S/C20H25N3O2/c1-2-3-15-23-18(24)20(22-19(23)25,17-10-13-21-14-11-17)12-9-16-7-5-4-6-8-16/h4-8,17,21H,9-15H2,1H3,(H,22,25). The second-order valence-corrected chi connectivity index (χ2v) is 6.73. The van der Waals surface area contributed by atoms with E-state index in [4.69, 9.17) is 0 Å². The summed E-state index contributed by atoms with van der Waals surface area (Å²) in [6.45, 7) is 3.65. The van der Waals surface area contributed by atoms with E-state index in [9.17, 15) is 9.59 Å². The molecule has 1 unspecified atom stereocenters. The highest BCUT2D eigenvalue weighted by Crippen LogP contribution is 2.35. The van der Waals surface area contributed by atoms with Crippen molar-refractivity contribution in [2.24, 2.45) is 5.92 Å². The van der Waals surface area contributed by atoms with Crippen molar-refractivity contribution >= 4 is 11.9 Å². The van der Waals surface area contributed by atoms with Crippen LogP contribution in [0.2, 0.25) is 0 Å². The average Bonchev–Trinajstić information content (AvgIpc) is 2.91. The maximum absolute atomic E-state index is 13.2. The molecule has 25 heavy (non-hydrogen) atoms. The van der Waals surface area contributed by atoms with Gasteiger partial charge in [-0.15, -0.1) is 5.92 Å². The van der Waals surface area contributed by atoms with Crippen LogP contribution in [0.5, 0.6) is 0 Å².